The van der Waals surface area contributed by atoms with Gasteiger partial charge in [-0.2, -0.15) is 0 Å². The molecule has 19 heavy (non-hydrogen) atoms. The van der Waals surface area contributed by atoms with E-state index in [4.69, 9.17) is 0 Å². The molecule has 2 rings (SSSR count). The summed E-state index contributed by atoms with van der Waals surface area (Å²) < 4.78 is 29.4. The van der Waals surface area contributed by atoms with Gasteiger partial charge in [0.25, 0.3) is 10.0 Å². The molecule has 1 atom stereocenters. The van der Waals surface area contributed by atoms with E-state index >= 15 is 0 Å². The van der Waals surface area contributed by atoms with Crippen LogP contribution in [0.1, 0.15) is 44.0 Å². The molecule has 0 bridgehead atoms. The molecular formula is C13H23N3O2S. The fourth-order valence-corrected chi connectivity index (χ4v) is 4.15. The zero-order chi connectivity index (χ0) is 14.2. The molecule has 1 heterocycles. The Balaban J connectivity index is 2.23. The van der Waals surface area contributed by atoms with Crippen molar-refractivity contribution < 1.29 is 8.42 Å². The lowest BCUT2D eigenvalue weighted by molar-refractivity contribution is 0.243. The van der Waals surface area contributed by atoms with E-state index in [9.17, 15) is 8.42 Å². The van der Waals surface area contributed by atoms with Gasteiger partial charge >= 0.3 is 0 Å². The second-order valence-corrected chi connectivity index (χ2v) is 7.06. The van der Waals surface area contributed by atoms with E-state index < -0.39 is 10.0 Å². The molecule has 0 radical (unpaired) electrons. The van der Waals surface area contributed by atoms with Crippen molar-refractivity contribution in [3.8, 4) is 0 Å². The van der Waals surface area contributed by atoms with Gasteiger partial charge in [0.1, 0.15) is 0 Å². The summed E-state index contributed by atoms with van der Waals surface area (Å²) in [5.74, 6) is 0.488. The second-order valence-electron chi connectivity index (χ2n) is 5.45. The number of nitrogens with one attached hydrogen (secondary N) is 1. The van der Waals surface area contributed by atoms with Gasteiger partial charge in [0.2, 0.25) is 5.16 Å². The number of nitrogens with zero attached hydrogens (tertiary/aromatic N) is 2. The first-order chi connectivity index (χ1) is 8.86. The molecule has 1 unspecified atom stereocenters. The molecule has 1 N–H and O–H groups in total. The van der Waals surface area contributed by atoms with Gasteiger partial charge in [-0.3, -0.25) is 0 Å². The third-order valence-electron chi connectivity index (χ3n) is 4.28. The van der Waals surface area contributed by atoms with Crippen LogP contribution in [0, 0.1) is 19.8 Å². The summed E-state index contributed by atoms with van der Waals surface area (Å²) in [5, 5.41) is 0.125. The van der Waals surface area contributed by atoms with Crippen molar-refractivity contribution in [2.45, 2.75) is 57.7 Å². The van der Waals surface area contributed by atoms with Crippen LogP contribution in [0.5, 0.6) is 0 Å². The fraction of sp³-hybridized carbons (Fsp3) is 0.769. The number of aryl methyl sites for hydroxylation is 1. The highest BCUT2D eigenvalue weighted by Crippen LogP contribution is 2.31. The smallest absolute Gasteiger partial charge is 0.274 e. The lowest BCUT2D eigenvalue weighted by Gasteiger charge is -2.33. The monoisotopic (exact) mass is 285 g/mol. The first kappa shape index (κ1) is 14.5. The Morgan fingerprint density at radius 3 is 2.42 bits per heavy atom. The number of hydrogen-bond acceptors (Lipinski definition) is 3. The second kappa shape index (κ2) is 5.25. The van der Waals surface area contributed by atoms with Crippen molar-refractivity contribution >= 4 is 10.0 Å². The molecule has 1 aliphatic rings. The summed E-state index contributed by atoms with van der Waals surface area (Å²) in [4.78, 5) is 4.18. The van der Waals surface area contributed by atoms with Crippen molar-refractivity contribution in [1.82, 2.24) is 14.3 Å². The van der Waals surface area contributed by atoms with Gasteiger partial charge in [-0.15, -0.1) is 0 Å². The van der Waals surface area contributed by atoms with Gasteiger partial charge in [0, 0.05) is 18.8 Å². The molecule has 5 nitrogen and oxygen atoms in total. The summed E-state index contributed by atoms with van der Waals surface area (Å²) in [7, 11) is -1.78. The van der Waals surface area contributed by atoms with E-state index in [1.807, 2.05) is 20.8 Å². The third kappa shape index (κ3) is 2.69. The van der Waals surface area contributed by atoms with E-state index in [2.05, 4.69) is 9.71 Å². The summed E-state index contributed by atoms with van der Waals surface area (Å²) in [5.41, 5.74) is 1.65. The zero-order valence-corrected chi connectivity index (χ0v) is 12.9. The number of rotatable bonds is 5. The number of aromatic nitrogens is 2. The van der Waals surface area contributed by atoms with Crippen LogP contribution in [0.3, 0.4) is 0 Å². The van der Waals surface area contributed by atoms with Crippen molar-refractivity contribution in [3.63, 3.8) is 0 Å². The van der Waals surface area contributed by atoms with Crippen LogP contribution in [-0.4, -0.2) is 24.0 Å². The predicted molar refractivity (Wildman–Crippen MR) is 74.4 cm³/mol. The van der Waals surface area contributed by atoms with Crippen LogP contribution in [0.25, 0.3) is 0 Å². The molecule has 1 aromatic rings. The zero-order valence-electron chi connectivity index (χ0n) is 12.1. The predicted octanol–water partition coefficient (Wildman–Crippen LogP) is 1.89. The Kier molecular flexibility index (Phi) is 4.01. The molecule has 1 aliphatic carbocycles. The summed E-state index contributed by atoms with van der Waals surface area (Å²) >= 11 is 0. The van der Waals surface area contributed by atoms with E-state index in [-0.39, 0.29) is 11.2 Å². The minimum Gasteiger partial charge on any atom is -0.321 e. The third-order valence-corrected chi connectivity index (χ3v) is 5.74. The molecule has 0 spiro atoms. The van der Waals surface area contributed by atoms with E-state index in [1.165, 1.54) is 6.42 Å². The summed E-state index contributed by atoms with van der Waals surface area (Å²) in [6.07, 6.45) is 4.29. The van der Waals surface area contributed by atoms with Crippen molar-refractivity contribution in [2.24, 2.45) is 13.0 Å². The average molecular weight is 285 g/mol. The molecule has 0 saturated heterocycles. The molecule has 0 aliphatic heterocycles. The highest BCUT2D eigenvalue weighted by Gasteiger charge is 2.31. The largest absolute Gasteiger partial charge is 0.321 e. The van der Waals surface area contributed by atoms with Crippen LogP contribution in [0.4, 0.5) is 0 Å². The lowest BCUT2D eigenvalue weighted by Crippen LogP contribution is -2.43. The fourth-order valence-electron chi connectivity index (χ4n) is 2.53. The summed E-state index contributed by atoms with van der Waals surface area (Å²) in [6.45, 7) is 5.74. The molecule has 0 amide bonds. The van der Waals surface area contributed by atoms with Crippen LogP contribution < -0.4 is 4.72 Å². The maximum atomic E-state index is 12.4. The van der Waals surface area contributed by atoms with Crippen LogP contribution in [0.15, 0.2) is 5.16 Å². The van der Waals surface area contributed by atoms with Crippen molar-refractivity contribution in [3.05, 3.63) is 11.4 Å². The van der Waals surface area contributed by atoms with Crippen LogP contribution in [-0.2, 0) is 17.1 Å². The number of imidazole rings is 1. The highest BCUT2D eigenvalue weighted by molar-refractivity contribution is 7.89. The van der Waals surface area contributed by atoms with Gasteiger partial charge in [0.15, 0.2) is 0 Å². The van der Waals surface area contributed by atoms with Gasteiger partial charge in [-0.25, -0.2) is 18.1 Å². The quantitative estimate of drug-likeness (QED) is 0.898. The number of sulfonamides is 1. The van der Waals surface area contributed by atoms with E-state index in [1.54, 1.807) is 11.6 Å². The van der Waals surface area contributed by atoms with E-state index in [0.29, 0.717) is 5.92 Å². The lowest BCUT2D eigenvalue weighted by atomic mass is 9.79. The van der Waals surface area contributed by atoms with Crippen LogP contribution >= 0.6 is 0 Å². The SMILES string of the molecule is CCC(NS(=O)(=O)c1nc(C)c(C)n1C)C1CCC1. The molecule has 6 heteroatoms. The molecule has 108 valence electrons. The first-order valence-corrected chi connectivity index (χ1v) is 8.37. The maximum absolute atomic E-state index is 12.4. The van der Waals surface area contributed by atoms with Gasteiger partial charge in [-0.05, 0) is 39.0 Å². The minimum atomic E-state index is -3.52. The van der Waals surface area contributed by atoms with Crippen molar-refractivity contribution in [2.75, 3.05) is 0 Å². The Labute approximate surface area is 115 Å². The molecule has 1 fully saturated rings. The summed E-state index contributed by atoms with van der Waals surface area (Å²) in [6, 6.07) is 0.0380. The highest BCUT2D eigenvalue weighted by atomic mass is 32.2. The maximum Gasteiger partial charge on any atom is 0.274 e. The van der Waals surface area contributed by atoms with Gasteiger partial charge in [0.05, 0.1) is 5.69 Å². The first-order valence-electron chi connectivity index (χ1n) is 6.89. The Bertz CT molecular complexity index is 559. The van der Waals surface area contributed by atoms with Gasteiger partial charge < -0.3 is 4.57 Å². The van der Waals surface area contributed by atoms with Crippen LogP contribution in [0.2, 0.25) is 0 Å². The standard InChI is InChI=1S/C13H23N3O2S/c1-5-12(11-7-6-8-11)15-19(17,18)13-14-9(2)10(3)16(13)4/h11-12,15H,5-8H2,1-4H3. The molecule has 1 aromatic heterocycles. The van der Waals surface area contributed by atoms with E-state index in [0.717, 1.165) is 30.7 Å². The normalized spacial score (nSPS) is 18.3. The number of hydrogen-bond donors (Lipinski definition) is 1. The minimum absolute atomic E-state index is 0.0380. The van der Waals surface area contributed by atoms with Crippen molar-refractivity contribution in [1.29, 1.82) is 0 Å². The average Bonchev–Trinajstić information content (AvgIpc) is 2.54. The Hall–Kier alpha value is -0.880. The molecule has 0 aromatic carbocycles. The topological polar surface area (TPSA) is 64.0 Å². The molecular weight excluding hydrogens is 262 g/mol. The van der Waals surface area contributed by atoms with Gasteiger partial charge in [-0.1, -0.05) is 13.3 Å². The Morgan fingerprint density at radius 1 is 1.42 bits per heavy atom. The Morgan fingerprint density at radius 2 is 2.05 bits per heavy atom. The molecule has 1 saturated carbocycles.